The Hall–Kier alpha value is -1.92. The van der Waals surface area contributed by atoms with Gasteiger partial charge in [0.15, 0.2) is 5.11 Å². The summed E-state index contributed by atoms with van der Waals surface area (Å²) in [5, 5.41) is 4.41. The van der Waals surface area contributed by atoms with Gasteiger partial charge >= 0.3 is 0 Å². The molecular formula is C24H32N4OS. The van der Waals surface area contributed by atoms with Crippen molar-refractivity contribution >= 4 is 17.3 Å². The van der Waals surface area contributed by atoms with Crippen molar-refractivity contribution < 1.29 is 4.74 Å². The van der Waals surface area contributed by atoms with Crippen molar-refractivity contribution in [3.8, 4) is 0 Å². The lowest BCUT2D eigenvalue weighted by molar-refractivity contribution is 0.0841. The lowest BCUT2D eigenvalue weighted by atomic mass is 9.96. The zero-order valence-electron chi connectivity index (χ0n) is 18.0. The maximum absolute atomic E-state index is 5.98. The van der Waals surface area contributed by atoms with Crippen LogP contribution in [0.1, 0.15) is 79.3 Å². The molecule has 5 rings (SSSR count). The number of hydrogen-bond acceptors (Lipinski definition) is 3. The predicted molar refractivity (Wildman–Crippen MR) is 123 cm³/mol. The summed E-state index contributed by atoms with van der Waals surface area (Å²) < 4.78 is 8.57. The van der Waals surface area contributed by atoms with E-state index in [0.717, 1.165) is 36.8 Å². The highest BCUT2D eigenvalue weighted by Crippen LogP contribution is 2.43. The molecule has 1 saturated carbocycles. The van der Waals surface area contributed by atoms with Crippen LogP contribution in [0.25, 0.3) is 0 Å². The molecule has 3 aliphatic rings. The van der Waals surface area contributed by atoms with Gasteiger partial charge in [0.05, 0.1) is 23.9 Å². The van der Waals surface area contributed by atoms with E-state index in [2.05, 4.69) is 51.8 Å². The van der Waals surface area contributed by atoms with E-state index in [1.54, 1.807) is 0 Å². The summed E-state index contributed by atoms with van der Waals surface area (Å²) in [5.41, 5.74) is 5.17. The molecule has 0 radical (unpaired) electrons. The van der Waals surface area contributed by atoms with E-state index in [9.17, 15) is 0 Å². The molecule has 2 saturated heterocycles. The van der Waals surface area contributed by atoms with Crippen molar-refractivity contribution in [3.63, 3.8) is 0 Å². The number of hydrogen-bond donors (Lipinski definition) is 1. The average Bonchev–Trinajstić information content (AvgIpc) is 3.53. The van der Waals surface area contributed by atoms with E-state index in [1.807, 2.05) is 12.3 Å². The zero-order chi connectivity index (χ0) is 20.7. The van der Waals surface area contributed by atoms with E-state index < -0.39 is 0 Å². The van der Waals surface area contributed by atoms with Gasteiger partial charge < -0.3 is 19.5 Å². The fourth-order valence-electron chi connectivity index (χ4n) is 5.77. The van der Waals surface area contributed by atoms with E-state index in [1.165, 1.54) is 42.6 Å². The van der Waals surface area contributed by atoms with Crippen LogP contribution in [0.2, 0.25) is 0 Å². The summed E-state index contributed by atoms with van der Waals surface area (Å²) in [7, 11) is 0. The van der Waals surface area contributed by atoms with Crippen LogP contribution in [0.15, 0.2) is 30.5 Å². The van der Waals surface area contributed by atoms with Crippen LogP contribution in [0.3, 0.4) is 0 Å². The van der Waals surface area contributed by atoms with Gasteiger partial charge in [-0.25, -0.2) is 0 Å². The average molecular weight is 425 g/mol. The lowest BCUT2D eigenvalue weighted by Crippen LogP contribution is -2.36. The third-order valence-corrected chi connectivity index (χ3v) is 7.51. The van der Waals surface area contributed by atoms with Gasteiger partial charge in [0.1, 0.15) is 0 Å². The largest absolute Gasteiger partial charge is 0.376 e. The highest BCUT2D eigenvalue weighted by Gasteiger charge is 2.42. The summed E-state index contributed by atoms with van der Waals surface area (Å²) in [6, 6.07) is 9.37. The molecule has 1 aliphatic carbocycles. The number of nitrogens with one attached hydrogen (secondary N) is 1. The maximum Gasteiger partial charge on any atom is 0.170 e. The van der Waals surface area contributed by atoms with Gasteiger partial charge in [-0.15, -0.1) is 0 Å². The van der Waals surface area contributed by atoms with Crippen molar-refractivity contribution in [2.24, 2.45) is 0 Å². The molecular weight excluding hydrogens is 392 g/mol. The lowest BCUT2D eigenvalue weighted by Gasteiger charge is -2.30. The Labute approximate surface area is 184 Å². The molecule has 0 unspecified atom stereocenters. The zero-order valence-corrected chi connectivity index (χ0v) is 18.8. The molecule has 0 aromatic carbocycles. The standard InChI is InChI=1S/C24H32N4OS/c1-16-14-20(17(2)28(16)18-8-3-4-9-18)23-22(21-11-5-6-12-25-21)26-24(30)27(23)15-19-10-7-13-29-19/h5-6,11-12,14,18-19,22-23H,3-4,7-10,13,15H2,1-2H3,(H,26,30)/t19-,22+,23-/m0/s1. The summed E-state index contributed by atoms with van der Waals surface area (Å²) in [5.74, 6) is 0. The fourth-order valence-corrected chi connectivity index (χ4v) is 6.09. The molecule has 5 nitrogen and oxygen atoms in total. The van der Waals surface area contributed by atoms with Gasteiger partial charge in [-0.2, -0.15) is 0 Å². The van der Waals surface area contributed by atoms with Crippen molar-refractivity contribution in [1.82, 2.24) is 19.8 Å². The van der Waals surface area contributed by atoms with E-state index in [4.69, 9.17) is 17.0 Å². The minimum absolute atomic E-state index is 0.0534. The summed E-state index contributed by atoms with van der Waals surface area (Å²) in [6.45, 7) is 6.26. The first-order valence-electron chi connectivity index (χ1n) is 11.4. The second kappa shape index (κ2) is 8.31. The van der Waals surface area contributed by atoms with Crippen molar-refractivity contribution in [2.75, 3.05) is 13.2 Å². The Kier molecular flexibility index (Phi) is 5.54. The predicted octanol–water partition coefficient (Wildman–Crippen LogP) is 4.77. The third-order valence-electron chi connectivity index (χ3n) is 7.15. The molecule has 160 valence electrons. The van der Waals surface area contributed by atoms with Crippen LogP contribution >= 0.6 is 12.2 Å². The molecule has 3 atom stereocenters. The number of rotatable bonds is 5. The van der Waals surface area contributed by atoms with Crippen LogP contribution < -0.4 is 5.32 Å². The van der Waals surface area contributed by atoms with Gasteiger partial charge in [-0.3, -0.25) is 4.98 Å². The summed E-state index contributed by atoms with van der Waals surface area (Å²) in [4.78, 5) is 7.05. The summed E-state index contributed by atoms with van der Waals surface area (Å²) in [6.07, 6.45) is 9.65. The number of aryl methyl sites for hydroxylation is 1. The normalized spacial score (nSPS) is 27.2. The van der Waals surface area contributed by atoms with Gasteiger partial charge in [0, 0.05) is 36.8 Å². The maximum atomic E-state index is 5.98. The molecule has 1 N–H and O–H groups in total. The molecule has 0 spiro atoms. The summed E-state index contributed by atoms with van der Waals surface area (Å²) >= 11 is 5.84. The van der Waals surface area contributed by atoms with Gasteiger partial charge in [-0.1, -0.05) is 18.9 Å². The number of pyridine rings is 1. The van der Waals surface area contributed by atoms with Crippen LogP contribution in [0.5, 0.6) is 0 Å². The first-order chi connectivity index (χ1) is 14.6. The number of ether oxygens (including phenoxy) is 1. The molecule has 4 heterocycles. The van der Waals surface area contributed by atoms with Gasteiger partial charge in [0.2, 0.25) is 0 Å². The van der Waals surface area contributed by atoms with Gasteiger partial charge in [0.25, 0.3) is 0 Å². The van der Waals surface area contributed by atoms with E-state index >= 15 is 0 Å². The minimum atomic E-state index is 0.0534. The number of nitrogens with zero attached hydrogens (tertiary/aromatic N) is 3. The minimum Gasteiger partial charge on any atom is -0.376 e. The second-order valence-corrected chi connectivity index (χ2v) is 9.44. The van der Waals surface area contributed by atoms with Crippen molar-refractivity contribution in [3.05, 3.63) is 53.1 Å². The van der Waals surface area contributed by atoms with Gasteiger partial charge in [-0.05, 0) is 75.5 Å². The molecule has 0 bridgehead atoms. The highest BCUT2D eigenvalue weighted by molar-refractivity contribution is 7.80. The van der Waals surface area contributed by atoms with Crippen LogP contribution in [-0.4, -0.2) is 38.8 Å². The molecule has 3 fully saturated rings. The smallest absolute Gasteiger partial charge is 0.170 e. The van der Waals surface area contributed by atoms with E-state index in [-0.39, 0.29) is 18.2 Å². The Morgan fingerprint density at radius 2 is 2.00 bits per heavy atom. The molecule has 2 aromatic rings. The molecule has 30 heavy (non-hydrogen) atoms. The SMILES string of the molecule is Cc1cc([C@H]2[C@@H](c3ccccn3)NC(=S)N2C[C@@H]2CCCO2)c(C)n1C1CCCC1. The monoisotopic (exact) mass is 424 g/mol. The third kappa shape index (κ3) is 3.54. The Morgan fingerprint density at radius 3 is 2.70 bits per heavy atom. The van der Waals surface area contributed by atoms with E-state index in [0.29, 0.717) is 6.04 Å². The topological polar surface area (TPSA) is 42.3 Å². The molecule has 0 amide bonds. The number of thiocarbonyl (C=S) groups is 1. The van der Waals surface area contributed by atoms with Crippen molar-refractivity contribution in [2.45, 2.75) is 76.6 Å². The molecule has 2 aromatic heterocycles. The van der Waals surface area contributed by atoms with Crippen LogP contribution in [0.4, 0.5) is 0 Å². The first kappa shape index (κ1) is 20.0. The Bertz CT molecular complexity index is 899. The van der Waals surface area contributed by atoms with Crippen molar-refractivity contribution in [1.29, 1.82) is 0 Å². The van der Waals surface area contributed by atoms with Crippen LogP contribution in [-0.2, 0) is 4.74 Å². The number of aromatic nitrogens is 2. The quantitative estimate of drug-likeness (QED) is 0.701. The molecule has 6 heteroatoms. The second-order valence-electron chi connectivity index (χ2n) is 9.05. The van der Waals surface area contributed by atoms with Crippen LogP contribution in [0, 0.1) is 13.8 Å². The fraction of sp³-hybridized carbons (Fsp3) is 0.583. The Balaban J connectivity index is 1.55. The Morgan fingerprint density at radius 1 is 1.17 bits per heavy atom. The molecule has 2 aliphatic heterocycles. The first-order valence-corrected chi connectivity index (χ1v) is 11.8. The highest BCUT2D eigenvalue weighted by atomic mass is 32.1.